The van der Waals surface area contributed by atoms with Crippen molar-refractivity contribution in [2.45, 2.75) is 0 Å². The van der Waals surface area contributed by atoms with E-state index in [9.17, 15) is 4.79 Å². The lowest BCUT2D eigenvalue weighted by Crippen LogP contribution is -2.29. The summed E-state index contributed by atoms with van der Waals surface area (Å²) in [6.45, 7) is 1.06. The van der Waals surface area contributed by atoms with Crippen LogP contribution in [0.1, 0.15) is 9.67 Å². The van der Waals surface area contributed by atoms with E-state index in [2.05, 4.69) is 15.9 Å². The molecule has 19 heavy (non-hydrogen) atoms. The van der Waals surface area contributed by atoms with Gasteiger partial charge in [0.25, 0.3) is 5.91 Å². The van der Waals surface area contributed by atoms with Crippen LogP contribution in [0.4, 0.5) is 5.69 Å². The summed E-state index contributed by atoms with van der Waals surface area (Å²) < 4.78 is 6.90. The van der Waals surface area contributed by atoms with Crippen LogP contribution in [0.2, 0.25) is 0 Å². The average molecular weight is 343 g/mol. The summed E-state index contributed by atoms with van der Waals surface area (Å²) in [4.78, 5) is 14.5. The molecular weight excluding hydrogens is 328 g/mol. The topological polar surface area (TPSA) is 55.6 Å². The predicted octanol–water partition coefficient (Wildman–Crippen LogP) is 2.96. The lowest BCUT2D eigenvalue weighted by atomic mass is 10.2. The van der Waals surface area contributed by atoms with Gasteiger partial charge in [-0.15, -0.1) is 11.3 Å². The highest BCUT2D eigenvalue weighted by atomic mass is 79.9. The molecule has 2 N–H and O–H groups in total. The van der Waals surface area contributed by atoms with Gasteiger partial charge >= 0.3 is 0 Å². The molecule has 0 saturated carbocycles. The fraction of sp³-hybridized carbons (Fsp3) is 0.308. The number of fused-ring (bicyclic) bond motifs is 1. The van der Waals surface area contributed by atoms with Gasteiger partial charge in [0.2, 0.25) is 0 Å². The number of amides is 1. The number of likely N-dealkylation sites (N-methyl/N-ethyl adjacent to an activating group) is 1. The Morgan fingerprint density at radius 3 is 2.89 bits per heavy atom. The molecule has 0 atom stereocenters. The molecule has 1 aromatic carbocycles. The summed E-state index contributed by atoms with van der Waals surface area (Å²) in [5, 5.41) is 0.913. The van der Waals surface area contributed by atoms with Crippen molar-refractivity contribution in [3.8, 4) is 0 Å². The van der Waals surface area contributed by atoms with Crippen LogP contribution in [0.3, 0.4) is 0 Å². The number of hydrogen-bond donors (Lipinski definition) is 1. The normalized spacial score (nSPS) is 10.9. The summed E-state index contributed by atoms with van der Waals surface area (Å²) in [6, 6.07) is 5.83. The number of anilines is 1. The highest BCUT2D eigenvalue weighted by molar-refractivity contribution is 9.10. The first-order valence-electron chi connectivity index (χ1n) is 5.77. The van der Waals surface area contributed by atoms with Crippen molar-refractivity contribution in [1.29, 1.82) is 0 Å². The smallest absolute Gasteiger partial charge is 0.265 e. The van der Waals surface area contributed by atoms with Crippen molar-refractivity contribution in [1.82, 2.24) is 4.90 Å². The number of nitrogens with two attached hydrogens (primary N) is 1. The third-order valence-electron chi connectivity index (χ3n) is 2.87. The maximum atomic E-state index is 12.3. The Balaban J connectivity index is 2.38. The SMILES string of the molecule is COCCN(C)C(=O)c1sc2cccc(Br)c2c1N. The molecule has 0 fully saturated rings. The van der Waals surface area contributed by atoms with Crippen molar-refractivity contribution in [3.63, 3.8) is 0 Å². The molecule has 2 aromatic rings. The molecule has 0 spiro atoms. The first kappa shape index (κ1) is 14.3. The minimum Gasteiger partial charge on any atom is -0.397 e. The van der Waals surface area contributed by atoms with E-state index in [1.54, 1.807) is 19.1 Å². The molecule has 1 aromatic heterocycles. The molecule has 0 aliphatic carbocycles. The van der Waals surface area contributed by atoms with Gasteiger partial charge in [-0.25, -0.2) is 0 Å². The molecule has 0 aliphatic heterocycles. The highest BCUT2D eigenvalue weighted by Crippen LogP contribution is 2.38. The van der Waals surface area contributed by atoms with Gasteiger partial charge < -0.3 is 15.4 Å². The number of thiophene rings is 1. The Morgan fingerprint density at radius 2 is 2.26 bits per heavy atom. The van der Waals surface area contributed by atoms with Crippen LogP contribution < -0.4 is 5.73 Å². The van der Waals surface area contributed by atoms with Gasteiger partial charge in [-0.05, 0) is 12.1 Å². The molecule has 2 rings (SSSR count). The number of rotatable bonds is 4. The van der Waals surface area contributed by atoms with Crippen LogP contribution in [-0.2, 0) is 4.74 Å². The van der Waals surface area contributed by atoms with Gasteiger partial charge in [0, 0.05) is 35.3 Å². The molecule has 1 amide bonds. The van der Waals surface area contributed by atoms with Crippen molar-refractivity contribution >= 4 is 48.9 Å². The van der Waals surface area contributed by atoms with Gasteiger partial charge in [0.05, 0.1) is 12.3 Å². The van der Waals surface area contributed by atoms with Crippen LogP contribution >= 0.6 is 27.3 Å². The Labute approximate surface area is 124 Å². The number of nitrogens with zero attached hydrogens (tertiary/aromatic N) is 1. The number of carbonyl (C=O) groups excluding carboxylic acids is 1. The maximum Gasteiger partial charge on any atom is 0.265 e. The van der Waals surface area contributed by atoms with Crippen molar-refractivity contribution in [2.24, 2.45) is 0 Å². The summed E-state index contributed by atoms with van der Waals surface area (Å²) >= 11 is 4.89. The molecule has 0 radical (unpaired) electrons. The fourth-order valence-corrected chi connectivity index (χ4v) is 3.65. The van der Waals surface area contributed by atoms with Crippen molar-refractivity contribution < 1.29 is 9.53 Å². The first-order chi connectivity index (χ1) is 9.06. The van der Waals surface area contributed by atoms with Crippen LogP contribution in [-0.4, -0.2) is 38.1 Å². The summed E-state index contributed by atoms with van der Waals surface area (Å²) in [7, 11) is 3.36. The number of benzene rings is 1. The number of halogens is 1. The standard InChI is InChI=1S/C13H15BrN2O2S/c1-16(6-7-18-2)13(17)12-11(15)10-8(14)4-3-5-9(10)19-12/h3-5H,6-7,15H2,1-2H3. The molecule has 1 heterocycles. The number of hydrogen-bond acceptors (Lipinski definition) is 4. The average Bonchev–Trinajstić information content (AvgIpc) is 2.73. The van der Waals surface area contributed by atoms with Gasteiger partial charge in [-0.1, -0.05) is 22.0 Å². The van der Waals surface area contributed by atoms with Gasteiger partial charge in [0.1, 0.15) is 4.88 Å². The molecular formula is C13H15BrN2O2S. The Bertz CT molecular complexity index is 612. The minimum atomic E-state index is -0.0670. The Morgan fingerprint density at radius 1 is 1.53 bits per heavy atom. The molecule has 102 valence electrons. The number of nitrogen functional groups attached to an aromatic ring is 1. The zero-order valence-corrected chi connectivity index (χ0v) is 13.2. The zero-order chi connectivity index (χ0) is 14.0. The molecule has 0 saturated heterocycles. The third kappa shape index (κ3) is 2.75. The second kappa shape index (κ2) is 5.90. The zero-order valence-electron chi connectivity index (χ0n) is 10.8. The lowest BCUT2D eigenvalue weighted by Gasteiger charge is -2.15. The Hall–Kier alpha value is -1.11. The van der Waals surface area contributed by atoms with Gasteiger partial charge in [-0.3, -0.25) is 4.79 Å². The summed E-state index contributed by atoms with van der Waals surface area (Å²) in [6.07, 6.45) is 0. The van der Waals surface area contributed by atoms with Gasteiger partial charge in [0.15, 0.2) is 0 Å². The molecule has 0 aliphatic rings. The number of ether oxygens (including phenoxy) is 1. The summed E-state index contributed by atoms with van der Waals surface area (Å²) in [5.41, 5.74) is 6.65. The molecule has 0 unspecified atom stereocenters. The fourth-order valence-electron chi connectivity index (χ4n) is 1.79. The lowest BCUT2D eigenvalue weighted by molar-refractivity contribution is 0.0750. The van der Waals surface area contributed by atoms with E-state index in [0.717, 1.165) is 14.6 Å². The van der Waals surface area contributed by atoms with Crippen LogP contribution in [0, 0.1) is 0 Å². The van der Waals surface area contributed by atoms with E-state index < -0.39 is 0 Å². The van der Waals surface area contributed by atoms with Crippen LogP contribution in [0.25, 0.3) is 10.1 Å². The van der Waals surface area contributed by atoms with E-state index in [1.165, 1.54) is 11.3 Å². The van der Waals surface area contributed by atoms with Crippen molar-refractivity contribution in [3.05, 3.63) is 27.5 Å². The molecule has 4 nitrogen and oxygen atoms in total. The third-order valence-corrected chi connectivity index (χ3v) is 4.69. The summed E-state index contributed by atoms with van der Waals surface area (Å²) in [5.74, 6) is -0.0670. The second-order valence-corrected chi connectivity index (χ2v) is 6.08. The monoisotopic (exact) mass is 342 g/mol. The first-order valence-corrected chi connectivity index (χ1v) is 7.38. The van der Waals surface area contributed by atoms with E-state index in [4.69, 9.17) is 10.5 Å². The largest absolute Gasteiger partial charge is 0.397 e. The van der Waals surface area contributed by atoms with Crippen LogP contribution in [0.15, 0.2) is 22.7 Å². The van der Waals surface area contributed by atoms with Gasteiger partial charge in [-0.2, -0.15) is 0 Å². The maximum absolute atomic E-state index is 12.3. The predicted molar refractivity (Wildman–Crippen MR) is 82.8 cm³/mol. The quantitative estimate of drug-likeness (QED) is 0.929. The van der Waals surface area contributed by atoms with E-state index in [0.29, 0.717) is 23.7 Å². The van der Waals surface area contributed by atoms with Crippen molar-refractivity contribution in [2.75, 3.05) is 33.0 Å². The van der Waals surface area contributed by atoms with E-state index in [-0.39, 0.29) is 5.91 Å². The van der Waals surface area contributed by atoms with E-state index in [1.807, 2.05) is 18.2 Å². The minimum absolute atomic E-state index is 0.0670. The second-order valence-electron chi connectivity index (χ2n) is 4.18. The highest BCUT2D eigenvalue weighted by Gasteiger charge is 2.20. The molecule has 0 bridgehead atoms. The molecule has 6 heteroatoms. The number of methoxy groups -OCH3 is 1. The van der Waals surface area contributed by atoms with E-state index >= 15 is 0 Å². The Kier molecular flexibility index (Phi) is 4.44. The number of carbonyl (C=O) groups is 1. The van der Waals surface area contributed by atoms with Crippen LogP contribution in [0.5, 0.6) is 0 Å².